The minimum absolute atomic E-state index is 0.238. The summed E-state index contributed by atoms with van der Waals surface area (Å²) >= 11 is 7.38. The first-order chi connectivity index (χ1) is 14.4. The summed E-state index contributed by atoms with van der Waals surface area (Å²) in [6.07, 6.45) is -1.37. The summed E-state index contributed by atoms with van der Waals surface area (Å²) in [4.78, 5) is 33.3. The van der Waals surface area contributed by atoms with Crippen LogP contribution in [0.3, 0.4) is 0 Å². The molecular weight excluding hydrogens is 471 g/mol. The molecule has 2 aliphatic rings. The Hall–Kier alpha value is 0.0600. The Morgan fingerprint density at radius 1 is 1.39 bits per heavy atom. The number of nitrogens with one attached hydrogen (secondary N) is 1. The van der Waals surface area contributed by atoms with Crippen LogP contribution >= 0.6 is 31.2 Å². The number of thioether (sulfide) groups is 1. The number of phosphoric ester groups is 1. The lowest BCUT2D eigenvalue weighted by Gasteiger charge is -2.45. The van der Waals surface area contributed by atoms with Gasteiger partial charge in [-0.05, 0) is 39.0 Å². The van der Waals surface area contributed by atoms with Gasteiger partial charge in [0.25, 0.3) is 0 Å². The van der Waals surface area contributed by atoms with E-state index < -0.39 is 49.1 Å². The molecule has 0 radical (unpaired) electrons. The van der Waals surface area contributed by atoms with Crippen LogP contribution in [0, 0.1) is 5.92 Å². The lowest BCUT2D eigenvalue weighted by molar-refractivity contribution is -0.201. The summed E-state index contributed by atoms with van der Waals surface area (Å²) in [7, 11) is -3.04. The fourth-order valence-electron chi connectivity index (χ4n) is 4.37. The predicted octanol–water partition coefficient (Wildman–Crippen LogP) is 0.506. The van der Waals surface area contributed by atoms with Crippen molar-refractivity contribution in [1.29, 1.82) is 0 Å². The summed E-state index contributed by atoms with van der Waals surface area (Å²) in [6, 6.07) is -1.18. The van der Waals surface area contributed by atoms with Crippen LogP contribution in [0.25, 0.3) is 0 Å². The van der Waals surface area contributed by atoms with Crippen molar-refractivity contribution in [3.8, 4) is 0 Å². The smallest absolute Gasteiger partial charge is 0.388 e. The van der Waals surface area contributed by atoms with E-state index in [0.717, 1.165) is 37.6 Å². The number of nitrogens with zero attached hydrogens (tertiary/aromatic N) is 1. The van der Waals surface area contributed by atoms with E-state index in [1.807, 2.05) is 11.9 Å². The van der Waals surface area contributed by atoms with Gasteiger partial charge in [0.15, 0.2) is 0 Å². The molecule has 2 rings (SSSR count). The van der Waals surface area contributed by atoms with E-state index in [0.29, 0.717) is 5.92 Å². The summed E-state index contributed by atoms with van der Waals surface area (Å²) in [5, 5.41) is 23.4. The van der Waals surface area contributed by atoms with Gasteiger partial charge in [0.1, 0.15) is 29.9 Å². The van der Waals surface area contributed by atoms with E-state index in [1.54, 1.807) is 13.2 Å². The molecule has 2 fully saturated rings. The molecule has 2 aliphatic heterocycles. The van der Waals surface area contributed by atoms with Gasteiger partial charge in [-0.25, -0.2) is 4.57 Å². The van der Waals surface area contributed by atoms with Gasteiger partial charge in [0.2, 0.25) is 5.91 Å². The molecule has 2 saturated heterocycles. The summed E-state index contributed by atoms with van der Waals surface area (Å²) < 4.78 is 21.7. The fraction of sp³-hybridized carbons (Fsp3) is 0.944. The molecule has 13 heteroatoms. The molecule has 5 N–H and O–H groups in total. The van der Waals surface area contributed by atoms with Crippen molar-refractivity contribution in [2.45, 2.75) is 80.4 Å². The highest BCUT2D eigenvalue weighted by Crippen LogP contribution is 2.43. The van der Waals surface area contributed by atoms with Crippen LogP contribution in [0.4, 0.5) is 0 Å². The third kappa shape index (κ3) is 7.02. The Labute approximate surface area is 192 Å². The number of halogens is 1. The van der Waals surface area contributed by atoms with Crippen LogP contribution in [-0.4, -0.2) is 98.0 Å². The minimum atomic E-state index is -4.93. The van der Waals surface area contributed by atoms with Gasteiger partial charge in [0.05, 0.1) is 17.5 Å². The summed E-state index contributed by atoms with van der Waals surface area (Å²) in [5.41, 5.74) is -0.992. The van der Waals surface area contributed by atoms with Crippen molar-refractivity contribution in [2.24, 2.45) is 5.92 Å². The third-order valence-electron chi connectivity index (χ3n) is 5.87. The first-order valence-corrected chi connectivity index (χ1v) is 13.6. The molecule has 0 aromatic rings. The predicted molar refractivity (Wildman–Crippen MR) is 118 cm³/mol. The van der Waals surface area contributed by atoms with Crippen LogP contribution in [0.2, 0.25) is 0 Å². The number of aliphatic hydroxyl groups is 2. The Balaban J connectivity index is 2.15. The number of ether oxygens (including phenoxy) is 1. The highest BCUT2D eigenvalue weighted by Gasteiger charge is 2.51. The molecule has 0 spiro atoms. The van der Waals surface area contributed by atoms with E-state index in [-0.39, 0.29) is 11.9 Å². The molecule has 0 bridgehead atoms. The molecule has 0 aliphatic carbocycles. The van der Waals surface area contributed by atoms with Crippen molar-refractivity contribution >= 4 is 37.1 Å². The average molecular weight is 505 g/mol. The molecule has 2 heterocycles. The second-order valence-corrected chi connectivity index (χ2v) is 11.1. The molecule has 4 unspecified atom stereocenters. The highest BCUT2D eigenvalue weighted by atomic mass is 35.5. The van der Waals surface area contributed by atoms with Gasteiger partial charge in [0, 0.05) is 6.54 Å². The van der Waals surface area contributed by atoms with Gasteiger partial charge >= 0.3 is 7.82 Å². The number of hydrogen-bond donors (Lipinski definition) is 5. The Morgan fingerprint density at radius 3 is 2.55 bits per heavy atom. The molecule has 31 heavy (non-hydrogen) atoms. The Bertz CT molecular complexity index is 654. The first-order valence-electron chi connectivity index (χ1n) is 10.3. The van der Waals surface area contributed by atoms with Crippen LogP contribution in [0.1, 0.15) is 33.1 Å². The molecule has 182 valence electrons. The van der Waals surface area contributed by atoms with E-state index >= 15 is 0 Å². The number of phosphoric acid groups is 1. The van der Waals surface area contributed by atoms with Crippen molar-refractivity contribution < 1.29 is 38.6 Å². The quantitative estimate of drug-likeness (QED) is 0.222. The zero-order valence-electron chi connectivity index (χ0n) is 18.1. The average Bonchev–Trinajstić information content (AvgIpc) is 3.03. The highest BCUT2D eigenvalue weighted by molar-refractivity contribution is 7.99. The number of likely N-dealkylation sites (tertiary alicyclic amines) is 1. The maximum absolute atomic E-state index is 13.0. The molecular formula is C18H34ClN2O8PS. The second-order valence-electron chi connectivity index (χ2n) is 8.30. The van der Waals surface area contributed by atoms with Gasteiger partial charge in [-0.15, -0.1) is 23.4 Å². The number of rotatable bonds is 9. The van der Waals surface area contributed by atoms with Gasteiger partial charge in [-0.3, -0.25) is 14.2 Å². The number of aliphatic hydroxyl groups excluding tert-OH is 2. The van der Waals surface area contributed by atoms with Crippen molar-refractivity contribution in [2.75, 3.05) is 19.8 Å². The van der Waals surface area contributed by atoms with E-state index in [9.17, 15) is 19.6 Å². The van der Waals surface area contributed by atoms with Gasteiger partial charge in [-0.1, -0.05) is 13.3 Å². The number of carbonyl (C=O) groups is 1. The second kappa shape index (κ2) is 11.5. The number of hydrogen-bond acceptors (Lipinski definition) is 8. The van der Waals surface area contributed by atoms with Crippen LogP contribution in [-0.2, 0) is 18.6 Å². The molecule has 0 aromatic carbocycles. The zero-order valence-corrected chi connectivity index (χ0v) is 20.6. The monoisotopic (exact) mass is 504 g/mol. The van der Waals surface area contributed by atoms with Crippen molar-refractivity contribution in [1.82, 2.24) is 10.2 Å². The van der Waals surface area contributed by atoms with Crippen LogP contribution < -0.4 is 5.32 Å². The van der Waals surface area contributed by atoms with Crippen LogP contribution in [0.5, 0.6) is 0 Å². The van der Waals surface area contributed by atoms with Crippen molar-refractivity contribution in [3.05, 3.63) is 0 Å². The van der Waals surface area contributed by atoms with Crippen LogP contribution in [0.15, 0.2) is 0 Å². The zero-order chi connectivity index (χ0) is 23.5. The van der Waals surface area contributed by atoms with Gasteiger partial charge in [-0.2, -0.15) is 0 Å². The maximum Gasteiger partial charge on any atom is 0.470 e. The summed E-state index contributed by atoms with van der Waals surface area (Å²) in [6.45, 7) is 4.57. The molecule has 9 atom stereocenters. The standard InChI is InChI=1S/C18H34ClN2O8PS/c1-5-6-10-7-11(21(3)8-10)17(24)20-12(9(2)19)15-13(22)14(23)16(18(28-15)31-4)29-30(25,26)27/h9-16,18,22-23H,5-8H2,1-4H3,(H,20,24)(H2,25,26,27)/t9-,10+,11?,12?,13+,14+,15?,16?,18+/m0/s1. The number of alkyl halides is 1. The van der Waals surface area contributed by atoms with E-state index in [4.69, 9.17) is 26.1 Å². The first kappa shape index (κ1) is 27.3. The van der Waals surface area contributed by atoms with Crippen molar-refractivity contribution in [3.63, 3.8) is 0 Å². The fourth-order valence-corrected chi connectivity index (χ4v) is 5.93. The van der Waals surface area contributed by atoms with Gasteiger partial charge < -0.3 is 30.1 Å². The lowest BCUT2D eigenvalue weighted by atomic mass is 9.92. The molecule has 0 aromatic heterocycles. The molecule has 10 nitrogen and oxygen atoms in total. The molecule has 0 saturated carbocycles. The largest absolute Gasteiger partial charge is 0.470 e. The number of amides is 1. The normalized spacial score (nSPS) is 36.9. The lowest BCUT2D eigenvalue weighted by Crippen LogP contribution is -2.65. The maximum atomic E-state index is 13.0. The molecule has 1 amide bonds. The van der Waals surface area contributed by atoms with E-state index in [2.05, 4.69) is 16.8 Å². The Kier molecular flexibility index (Phi) is 10.1. The topological polar surface area (TPSA) is 149 Å². The summed E-state index contributed by atoms with van der Waals surface area (Å²) in [5.74, 6) is 0.195. The minimum Gasteiger partial charge on any atom is -0.388 e. The SMILES string of the molecule is CCC[C@@H]1CC(C(=O)NC(C2O[C@H](SC)C(OP(=O)(O)O)[C@H](O)[C@H]2O)[C@H](C)Cl)N(C)C1. The number of carbonyl (C=O) groups excluding carboxylic acids is 1. The van der Waals surface area contributed by atoms with E-state index in [1.165, 1.54) is 0 Å². The number of likely N-dealkylation sites (N-methyl/N-ethyl adjacent to an activating group) is 1. The third-order valence-corrected chi connectivity index (χ3v) is 7.50. The Morgan fingerprint density at radius 2 is 2.03 bits per heavy atom.